The molecule has 1 atom stereocenters. The number of aromatic nitrogens is 1. The summed E-state index contributed by atoms with van der Waals surface area (Å²) in [6, 6.07) is 3.52. The first-order chi connectivity index (χ1) is 10.8. The number of amides is 1. The number of carbonyl (C=O) groups excluding carboxylic acids is 1. The molecule has 0 spiro atoms. The van der Waals surface area contributed by atoms with E-state index in [4.69, 9.17) is 4.74 Å². The van der Waals surface area contributed by atoms with Gasteiger partial charge in [0.1, 0.15) is 5.75 Å². The molecule has 23 heavy (non-hydrogen) atoms. The van der Waals surface area contributed by atoms with E-state index in [1.165, 1.54) is 4.90 Å². The van der Waals surface area contributed by atoms with Crippen molar-refractivity contribution < 1.29 is 22.7 Å². The van der Waals surface area contributed by atoms with E-state index in [1.807, 2.05) is 13.8 Å². The monoisotopic (exact) mass is 330 g/mol. The van der Waals surface area contributed by atoms with Crippen LogP contribution in [-0.2, 0) is 11.2 Å². The van der Waals surface area contributed by atoms with E-state index in [0.717, 1.165) is 11.4 Å². The van der Waals surface area contributed by atoms with E-state index >= 15 is 0 Å². The highest BCUT2D eigenvalue weighted by molar-refractivity contribution is 5.77. The number of aryl methyl sites for hydroxylation is 2. The summed E-state index contributed by atoms with van der Waals surface area (Å²) in [6.45, 7) is 3.59. The highest BCUT2D eigenvalue weighted by Gasteiger charge is 2.42. The molecule has 0 saturated carbocycles. The molecule has 1 amide bonds. The van der Waals surface area contributed by atoms with Crippen LogP contribution in [0.3, 0.4) is 0 Å². The number of hydrogen-bond donors (Lipinski definition) is 0. The average Bonchev–Trinajstić information content (AvgIpc) is 2.52. The number of pyridine rings is 1. The number of halogens is 3. The van der Waals surface area contributed by atoms with Gasteiger partial charge in [-0.25, -0.2) is 0 Å². The molecule has 0 unspecified atom stereocenters. The molecule has 2 rings (SSSR count). The minimum atomic E-state index is -4.25. The Morgan fingerprint density at radius 3 is 2.83 bits per heavy atom. The maximum absolute atomic E-state index is 12.8. The molecule has 0 N–H and O–H groups in total. The first-order valence-electron chi connectivity index (χ1n) is 7.75. The van der Waals surface area contributed by atoms with Gasteiger partial charge in [0, 0.05) is 18.8 Å². The van der Waals surface area contributed by atoms with Crippen LogP contribution in [-0.4, -0.2) is 41.7 Å². The predicted molar refractivity (Wildman–Crippen MR) is 79.2 cm³/mol. The van der Waals surface area contributed by atoms with Crippen LogP contribution in [0.25, 0.3) is 0 Å². The predicted octanol–water partition coefficient (Wildman–Crippen LogP) is 3.13. The van der Waals surface area contributed by atoms with Crippen molar-refractivity contribution in [2.45, 2.75) is 39.3 Å². The van der Waals surface area contributed by atoms with Gasteiger partial charge in [-0.1, -0.05) is 6.92 Å². The van der Waals surface area contributed by atoms with Gasteiger partial charge in [-0.2, -0.15) is 13.2 Å². The Kier molecular flexibility index (Phi) is 5.49. The van der Waals surface area contributed by atoms with Crippen molar-refractivity contribution in [2.24, 2.45) is 5.92 Å². The Hall–Kier alpha value is -1.79. The molecule has 128 valence electrons. The van der Waals surface area contributed by atoms with Crippen molar-refractivity contribution in [1.82, 2.24) is 9.88 Å². The zero-order valence-electron chi connectivity index (χ0n) is 13.3. The average molecular weight is 330 g/mol. The lowest BCUT2D eigenvalue weighted by Gasteiger charge is -2.33. The van der Waals surface area contributed by atoms with Crippen LogP contribution in [0.2, 0.25) is 0 Å². The van der Waals surface area contributed by atoms with Gasteiger partial charge in [0.25, 0.3) is 5.91 Å². The van der Waals surface area contributed by atoms with Crippen LogP contribution in [0.1, 0.15) is 31.2 Å². The lowest BCUT2D eigenvalue weighted by Crippen LogP contribution is -2.46. The van der Waals surface area contributed by atoms with Gasteiger partial charge in [-0.15, -0.1) is 0 Å². The first kappa shape index (κ1) is 17.6. The number of alkyl halides is 3. The Balaban J connectivity index is 1.94. The number of carbonyl (C=O) groups is 1. The third kappa shape index (κ3) is 4.59. The second-order valence-electron chi connectivity index (χ2n) is 5.76. The zero-order chi connectivity index (χ0) is 17.0. The van der Waals surface area contributed by atoms with Crippen LogP contribution in [0.5, 0.6) is 5.75 Å². The second kappa shape index (κ2) is 7.19. The standard InChI is InChI=1S/C16H21F3N2O2/c1-3-13-14(7-6-11(2)20-13)23-10-15(22)21-8-4-5-12(9-21)16(17,18)19/h6-7,12H,3-5,8-10H2,1-2H3/t12-/m1/s1. The molecule has 0 aliphatic carbocycles. The minimum absolute atomic E-state index is 0.0794. The van der Waals surface area contributed by atoms with Gasteiger partial charge in [-0.3, -0.25) is 9.78 Å². The van der Waals surface area contributed by atoms with Crippen LogP contribution >= 0.6 is 0 Å². The van der Waals surface area contributed by atoms with Gasteiger partial charge >= 0.3 is 6.18 Å². The lowest BCUT2D eigenvalue weighted by atomic mass is 9.97. The quantitative estimate of drug-likeness (QED) is 0.852. The Morgan fingerprint density at radius 1 is 1.43 bits per heavy atom. The van der Waals surface area contributed by atoms with E-state index in [0.29, 0.717) is 25.1 Å². The SMILES string of the molecule is CCc1nc(C)ccc1OCC(=O)N1CCC[C@@H](C(F)(F)F)C1. The summed E-state index contributed by atoms with van der Waals surface area (Å²) in [4.78, 5) is 17.7. The van der Waals surface area contributed by atoms with Crippen molar-refractivity contribution in [1.29, 1.82) is 0 Å². The summed E-state index contributed by atoms with van der Waals surface area (Å²) in [5.74, 6) is -1.34. The minimum Gasteiger partial charge on any atom is -0.482 e. The molecule has 1 saturated heterocycles. The van der Waals surface area contributed by atoms with Crippen molar-refractivity contribution in [2.75, 3.05) is 19.7 Å². The molecule has 0 aromatic carbocycles. The number of piperidine rings is 1. The van der Waals surface area contributed by atoms with Crippen molar-refractivity contribution in [3.05, 3.63) is 23.5 Å². The van der Waals surface area contributed by atoms with E-state index in [2.05, 4.69) is 4.98 Å². The number of likely N-dealkylation sites (tertiary alicyclic amines) is 1. The molecular weight excluding hydrogens is 309 g/mol. The number of rotatable bonds is 4. The first-order valence-corrected chi connectivity index (χ1v) is 7.75. The topological polar surface area (TPSA) is 42.4 Å². The smallest absolute Gasteiger partial charge is 0.393 e. The molecule has 4 nitrogen and oxygen atoms in total. The van der Waals surface area contributed by atoms with E-state index in [9.17, 15) is 18.0 Å². The highest BCUT2D eigenvalue weighted by Crippen LogP contribution is 2.33. The highest BCUT2D eigenvalue weighted by atomic mass is 19.4. The third-order valence-electron chi connectivity index (χ3n) is 3.99. The molecular formula is C16H21F3N2O2. The van der Waals surface area contributed by atoms with Crippen molar-refractivity contribution >= 4 is 5.91 Å². The summed E-state index contributed by atoms with van der Waals surface area (Å²) in [5.41, 5.74) is 1.59. The number of nitrogens with zero attached hydrogens (tertiary/aromatic N) is 2. The maximum atomic E-state index is 12.8. The molecule has 1 fully saturated rings. The fourth-order valence-corrected chi connectivity index (χ4v) is 2.68. The zero-order valence-corrected chi connectivity index (χ0v) is 13.3. The van der Waals surface area contributed by atoms with Crippen molar-refractivity contribution in [3.63, 3.8) is 0 Å². The summed E-state index contributed by atoms with van der Waals surface area (Å²) >= 11 is 0. The number of ether oxygens (including phenoxy) is 1. The van der Waals surface area contributed by atoms with E-state index in [-0.39, 0.29) is 19.6 Å². The molecule has 2 heterocycles. The van der Waals surface area contributed by atoms with Crippen LogP contribution in [0.4, 0.5) is 13.2 Å². The Morgan fingerprint density at radius 2 is 2.17 bits per heavy atom. The normalized spacial score (nSPS) is 18.8. The fourth-order valence-electron chi connectivity index (χ4n) is 2.68. The van der Waals surface area contributed by atoms with Gasteiger partial charge in [0.05, 0.1) is 11.6 Å². The van der Waals surface area contributed by atoms with Crippen LogP contribution in [0.15, 0.2) is 12.1 Å². The lowest BCUT2D eigenvalue weighted by molar-refractivity contribution is -0.188. The van der Waals surface area contributed by atoms with Crippen LogP contribution in [0, 0.1) is 12.8 Å². The van der Waals surface area contributed by atoms with E-state index in [1.54, 1.807) is 12.1 Å². The summed E-state index contributed by atoms with van der Waals surface area (Å²) in [6.07, 6.45) is -3.15. The van der Waals surface area contributed by atoms with Gasteiger partial charge in [0.2, 0.25) is 0 Å². The molecule has 7 heteroatoms. The maximum Gasteiger partial charge on any atom is 0.393 e. The van der Waals surface area contributed by atoms with Gasteiger partial charge in [0.15, 0.2) is 6.61 Å². The summed E-state index contributed by atoms with van der Waals surface area (Å²) in [5, 5.41) is 0. The molecule has 1 aliphatic heterocycles. The van der Waals surface area contributed by atoms with E-state index < -0.39 is 18.0 Å². The third-order valence-corrected chi connectivity index (χ3v) is 3.99. The second-order valence-corrected chi connectivity index (χ2v) is 5.76. The largest absolute Gasteiger partial charge is 0.482 e. The Bertz CT molecular complexity index is 561. The Labute approximate surface area is 133 Å². The molecule has 1 aromatic heterocycles. The molecule has 0 bridgehead atoms. The molecule has 0 radical (unpaired) electrons. The van der Waals surface area contributed by atoms with Crippen molar-refractivity contribution in [3.8, 4) is 5.75 Å². The summed E-state index contributed by atoms with van der Waals surface area (Å²) < 4.78 is 43.8. The van der Waals surface area contributed by atoms with Gasteiger partial charge in [-0.05, 0) is 38.3 Å². The fraction of sp³-hybridized carbons (Fsp3) is 0.625. The summed E-state index contributed by atoms with van der Waals surface area (Å²) in [7, 11) is 0. The molecule has 1 aliphatic rings. The molecule has 1 aromatic rings. The van der Waals surface area contributed by atoms with Gasteiger partial charge < -0.3 is 9.64 Å². The van der Waals surface area contributed by atoms with Crippen LogP contribution < -0.4 is 4.74 Å². The number of hydrogen-bond acceptors (Lipinski definition) is 3.